The monoisotopic (exact) mass is 335 g/mol. The van der Waals surface area contributed by atoms with E-state index in [1.165, 1.54) is 0 Å². The van der Waals surface area contributed by atoms with Gasteiger partial charge in [-0.3, -0.25) is 4.79 Å². The van der Waals surface area contributed by atoms with Crippen LogP contribution in [0.1, 0.15) is 30.3 Å². The van der Waals surface area contributed by atoms with E-state index in [-0.39, 0.29) is 18.6 Å². The van der Waals surface area contributed by atoms with Crippen molar-refractivity contribution in [3.05, 3.63) is 66.0 Å². The molecule has 1 aromatic heterocycles. The van der Waals surface area contributed by atoms with Gasteiger partial charge in [0.25, 0.3) is 0 Å². The summed E-state index contributed by atoms with van der Waals surface area (Å²) < 4.78 is 7.80. The Balaban J connectivity index is 1.55. The molecule has 1 aliphatic heterocycles. The van der Waals surface area contributed by atoms with Gasteiger partial charge in [-0.2, -0.15) is 0 Å². The molecule has 3 aromatic rings. The molecule has 0 bridgehead atoms. The SMILES string of the molecule is O=C(Cn1c(C2CCCO2)nc2ccccc21)NCc1ccccc1. The van der Waals surface area contributed by atoms with E-state index in [9.17, 15) is 4.79 Å². The zero-order valence-corrected chi connectivity index (χ0v) is 14.0. The molecule has 2 aromatic carbocycles. The topological polar surface area (TPSA) is 56.2 Å². The van der Waals surface area contributed by atoms with Gasteiger partial charge in [-0.25, -0.2) is 4.98 Å². The van der Waals surface area contributed by atoms with Crippen molar-refractivity contribution < 1.29 is 9.53 Å². The van der Waals surface area contributed by atoms with Crippen LogP contribution in [0.5, 0.6) is 0 Å². The summed E-state index contributed by atoms with van der Waals surface area (Å²) in [5.41, 5.74) is 2.97. The molecule has 2 heterocycles. The van der Waals surface area contributed by atoms with Crippen molar-refractivity contribution in [2.75, 3.05) is 6.61 Å². The minimum atomic E-state index is -0.0220. The van der Waals surface area contributed by atoms with Crippen molar-refractivity contribution >= 4 is 16.9 Å². The number of hydrogen-bond acceptors (Lipinski definition) is 3. The number of ether oxygens (including phenoxy) is 1. The van der Waals surface area contributed by atoms with Gasteiger partial charge >= 0.3 is 0 Å². The van der Waals surface area contributed by atoms with Crippen molar-refractivity contribution in [3.8, 4) is 0 Å². The number of fused-ring (bicyclic) bond motifs is 1. The smallest absolute Gasteiger partial charge is 0.240 e. The summed E-state index contributed by atoms with van der Waals surface area (Å²) in [4.78, 5) is 17.2. The van der Waals surface area contributed by atoms with Crippen LogP contribution in [0.4, 0.5) is 0 Å². The van der Waals surface area contributed by atoms with Gasteiger partial charge in [0.2, 0.25) is 5.91 Å². The fraction of sp³-hybridized carbons (Fsp3) is 0.300. The molecule has 1 unspecified atom stereocenters. The van der Waals surface area contributed by atoms with Gasteiger partial charge in [-0.15, -0.1) is 0 Å². The standard InChI is InChI=1S/C20H21N3O2/c24-19(21-13-15-7-2-1-3-8-15)14-23-17-10-5-4-9-16(17)22-20(23)18-11-6-12-25-18/h1-5,7-10,18H,6,11-14H2,(H,21,24). The Morgan fingerprint density at radius 1 is 1.16 bits per heavy atom. The van der Waals surface area contributed by atoms with Crippen molar-refractivity contribution in [2.24, 2.45) is 0 Å². The minimum Gasteiger partial charge on any atom is -0.370 e. The van der Waals surface area contributed by atoms with Crippen LogP contribution in [0.2, 0.25) is 0 Å². The molecule has 5 heteroatoms. The molecule has 1 atom stereocenters. The van der Waals surface area contributed by atoms with Gasteiger partial charge in [0, 0.05) is 13.2 Å². The van der Waals surface area contributed by atoms with Crippen LogP contribution in [0, 0.1) is 0 Å². The molecule has 0 spiro atoms. The highest BCUT2D eigenvalue weighted by Gasteiger charge is 2.25. The summed E-state index contributed by atoms with van der Waals surface area (Å²) >= 11 is 0. The average molecular weight is 335 g/mol. The first-order valence-electron chi connectivity index (χ1n) is 8.68. The van der Waals surface area contributed by atoms with E-state index in [0.29, 0.717) is 6.54 Å². The minimum absolute atomic E-state index is 0.0191. The molecule has 0 aliphatic carbocycles. The molecule has 0 radical (unpaired) electrons. The molecular weight excluding hydrogens is 314 g/mol. The lowest BCUT2D eigenvalue weighted by Crippen LogP contribution is -2.28. The molecule has 1 N–H and O–H groups in total. The number of aromatic nitrogens is 2. The first-order chi connectivity index (χ1) is 12.3. The Kier molecular flexibility index (Phi) is 4.48. The third-order valence-electron chi connectivity index (χ3n) is 4.54. The summed E-state index contributed by atoms with van der Waals surface area (Å²) in [6.45, 7) is 1.54. The highest BCUT2D eigenvalue weighted by atomic mass is 16.5. The van der Waals surface area contributed by atoms with Crippen LogP contribution in [-0.4, -0.2) is 22.1 Å². The van der Waals surface area contributed by atoms with Gasteiger partial charge in [0.05, 0.1) is 11.0 Å². The average Bonchev–Trinajstić information content (AvgIpc) is 3.29. The van der Waals surface area contributed by atoms with Crippen LogP contribution in [0.25, 0.3) is 11.0 Å². The maximum absolute atomic E-state index is 12.5. The number of nitrogens with zero attached hydrogens (tertiary/aromatic N) is 2. The third kappa shape index (κ3) is 3.42. The molecule has 1 aliphatic rings. The summed E-state index contributed by atoms with van der Waals surface area (Å²) in [6.07, 6.45) is 1.97. The molecule has 128 valence electrons. The Bertz CT molecular complexity index is 867. The number of nitrogens with one attached hydrogen (secondary N) is 1. The Hall–Kier alpha value is -2.66. The van der Waals surface area contributed by atoms with Crippen LogP contribution < -0.4 is 5.32 Å². The fourth-order valence-electron chi connectivity index (χ4n) is 3.28. The van der Waals surface area contributed by atoms with Crippen molar-refractivity contribution in [1.82, 2.24) is 14.9 Å². The molecule has 1 amide bonds. The van der Waals surface area contributed by atoms with E-state index in [1.807, 2.05) is 59.2 Å². The van der Waals surface area contributed by atoms with Crippen molar-refractivity contribution in [3.63, 3.8) is 0 Å². The summed E-state index contributed by atoms with van der Waals surface area (Å²) in [5, 5.41) is 2.99. The Morgan fingerprint density at radius 2 is 1.96 bits per heavy atom. The van der Waals surface area contributed by atoms with E-state index in [1.54, 1.807) is 0 Å². The lowest BCUT2D eigenvalue weighted by Gasteiger charge is -2.13. The largest absolute Gasteiger partial charge is 0.370 e. The molecule has 5 nitrogen and oxygen atoms in total. The van der Waals surface area contributed by atoms with Crippen molar-refractivity contribution in [2.45, 2.75) is 32.0 Å². The quantitative estimate of drug-likeness (QED) is 0.779. The number of amides is 1. The number of carbonyl (C=O) groups is 1. The van der Waals surface area contributed by atoms with Crippen LogP contribution in [-0.2, 0) is 22.6 Å². The first-order valence-corrected chi connectivity index (χ1v) is 8.68. The summed E-state index contributed by atoms with van der Waals surface area (Å²) in [7, 11) is 0. The number of imidazole rings is 1. The van der Waals surface area contributed by atoms with E-state index >= 15 is 0 Å². The van der Waals surface area contributed by atoms with Gasteiger partial charge in [-0.1, -0.05) is 42.5 Å². The predicted molar refractivity (Wildman–Crippen MR) is 95.9 cm³/mol. The second-order valence-electron chi connectivity index (χ2n) is 6.31. The molecular formula is C20H21N3O2. The highest BCUT2D eigenvalue weighted by molar-refractivity contribution is 5.81. The maximum atomic E-state index is 12.5. The molecule has 0 saturated carbocycles. The molecule has 25 heavy (non-hydrogen) atoms. The van der Waals surface area contributed by atoms with E-state index < -0.39 is 0 Å². The van der Waals surface area contributed by atoms with E-state index in [0.717, 1.165) is 41.9 Å². The normalized spacial score (nSPS) is 17.0. The number of benzene rings is 2. The molecule has 1 fully saturated rings. The van der Waals surface area contributed by atoms with E-state index in [2.05, 4.69) is 5.32 Å². The predicted octanol–water partition coefficient (Wildman–Crippen LogP) is 3.20. The van der Waals surface area contributed by atoms with Crippen LogP contribution in [0.3, 0.4) is 0 Å². The molecule has 1 saturated heterocycles. The molecule has 4 rings (SSSR count). The lowest BCUT2D eigenvalue weighted by molar-refractivity contribution is -0.121. The number of carbonyl (C=O) groups excluding carboxylic acids is 1. The van der Waals surface area contributed by atoms with Gasteiger partial charge in [0.15, 0.2) is 0 Å². The first kappa shape index (κ1) is 15.8. The number of para-hydroxylation sites is 2. The van der Waals surface area contributed by atoms with Crippen LogP contribution >= 0.6 is 0 Å². The zero-order valence-electron chi connectivity index (χ0n) is 14.0. The number of hydrogen-bond donors (Lipinski definition) is 1. The lowest BCUT2D eigenvalue weighted by atomic mass is 10.2. The zero-order chi connectivity index (χ0) is 17.1. The Morgan fingerprint density at radius 3 is 2.76 bits per heavy atom. The highest BCUT2D eigenvalue weighted by Crippen LogP contribution is 2.30. The Labute approximate surface area is 146 Å². The summed E-state index contributed by atoms with van der Waals surface area (Å²) in [6, 6.07) is 17.8. The fourth-order valence-corrected chi connectivity index (χ4v) is 3.28. The van der Waals surface area contributed by atoms with Gasteiger partial charge < -0.3 is 14.6 Å². The second kappa shape index (κ2) is 7.07. The second-order valence-corrected chi connectivity index (χ2v) is 6.31. The third-order valence-corrected chi connectivity index (χ3v) is 4.54. The van der Waals surface area contributed by atoms with Gasteiger partial charge in [0.1, 0.15) is 18.5 Å². The summed E-state index contributed by atoms with van der Waals surface area (Å²) in [5.74, 6) is 0.833. The van der Waals surface area contributed by atoms with E-state index in [4.69, 9.17) is 9.72 Å². The van der Waals surface area contributed by atoms with Crippen molar-refractivity contribution in [1.29, 1.82) is 0 Å². The van der Waals surface area contributed by atoms with Gasteiger partial charge in [-0.05, 0) is 30.5 Å². The number of rotatable bonds is 5. The van der Waals surface area contributed by atoms with Crippen LogP contribution in [0.15, 0.2) is 54.6 Å². The maximum Gasteiger partial charge on any atom is 0.240 e.